The highest BCUT2D eigenvalue weighted by molar-refractivity contribution is 5.97. The van der Waals surface area contributed by atoms with Crippen LogP contribution in [0.2, 0.25) is 0 Å². The number of aromatic nitrogens is 3. The Morgan fingerprint density at radius 3 is 1.31 bits per heavy atom. The second-order valence-electron chi connectivity index (χ2n) is 20.8. The van der Waals surface area contributed by atoms with Crippen molar-refractivity contribution >= 4 is 35.3 Å². The monoisotopic (exact) mass is 1200 g/mol. The molecule has 3 aromatic heterocycles. The highest BCUT2D eigenvalue weighted by Gasteiger charge is 2.62. The molecule has 3 atom stereocenters. The first-order valence-corrected chi connectivity index (χ1v) is 26.2. The smallest absolute Gasteiger partial charge is 0.283 e. The van der Waals surface area contributed by atoms with E-state index in [1.807, 2.05) is 12.1 Å². The Labute approximate surface area is 484 Å². The molecular formula is C60H50F10N10O6. The Morgan fingerprint density at radius 1 is 0.570 bits per heavy atom. The summed E-state index contributed by atoms with van der Waals surface area (Å²) in [6.07, 6.45) is -4.25. The SMILES string of the molecule is CC1=NC(C)(c2cc(CC(=O)c3ccc(F)cn3)ccc2F)CC2(CC(F)(F)C2)O1.N#Cc1ccc(C(=O)Cc2ccc(F)c([C@@]3(C(F)F)CCOC(N)=N3)c2)nc1.N#Cc1ccc(C(=O)Cc2ccc(F)c([C@]3(C(F)F)CCOC(N)=N3)c2)nc1. The molecule has 1 spiro atoms. The van der Waals surface area contributed by atoms with Gasteiger partial charge in [0.05, 0.1) is 48.9 Å². The summed E-state index contributed by atoms with van der Waals surface area (Å²) in [5, 5.41) is 17.5. The van der Waals surface area contributed by atoms with Crippen LogP contribution < -0.4 is 11.5 Å². The number of pyridine rings is 3. The minimum absolute atomic E-state index is 0.0651. The lowest BCUT2D eigenvalue weighted by molar-refractivity contribution is -0.210. The van der Waals surface area contributed by atoms with Crippen molar-refractivity contribution in [2.75, 3.05) is 13.2 Å². The number of halogens is 10. The average Bonchev–Trinajstić information content (AvgIpc) is 2.15. The van der Waals surface area contributed by atoms with Crippen LogP contribution in [0.1, 0.15) is 122 Å². The number of ketones is 3. The maximum absolute atomic E-state index is 14.8. The molecule has 86 heavy (non-hydrogen) atoms. The Kier molecular flexibility index (Phi) is 18.4. The fourth-order valence-corrected chi connectivity index (χ4v) is 10.5. The largest absolute Gasteiger partial charge is 0.474 e. The summed E-state index contributed by atoms with van der Waals surface area (Å²) in [6, 6.07) is 22.4. The number of benzene rings is 3. The number of hydrogen-bond donors (Lipinski definition) is 2. The predicted octanol–water partition coefficient (Wildman–Crippen LogP) is 10.4. The third kappa shape index (κ3) is 14.0. The number of Topliss-reactive ketones (excluding diaryl/α,β-unsaturated/α-hetero) is 3. The van der Waals surface area contributed by atoms with Gasteiger partial charge in [-0.3, -0.25) is 29.3 Å². The standard InChI is InChI=1S/C22H20F4N2O2.2C19H15F3N4O2/c1-13-28-20(2,10-21(30-13)11-22(25,26)12-21)16-7-14(3-5-17(16)24)8-19(29)18-6-4-15(23)9-27-18;2*20-14-3-1-11(8-16(27)15-4-2-12(9-23)10-25-15)7-13(14)19(17(21)22)5-6-28-18(24)26-19/h3-7,9H,8,10-12H2,1-2H3;2*1-4,7,10,17H,5-6,8H2,(H2,24,26)/t;2*19-/m.10/s1. The van der Waals surface area contributed by atoms with Crippen LogP contribution in [-0.2, 0) is 50.1 Å². The molecular weight excluding hydrogens is 1150 g/mol. The summed E-state index contributed by atoms with van der Waals surface area (Å²) < 4.78 is 155. The summed E-state index contributed by atoms with van der Waals surface area (Å²) in [5.74, 6) is -6.53. The molecule has 1 unspecified atom stereocenters. The van der Waals surface area contributed by atoms with Crippen LogP contribution in [0.3, 0.4) is 0 Å². The summed E-state index contributed by atoms with van der Waals surface area (Å²) in [6.45, 7) is 3.00. The minimum atomic E-state index is -3.02. The van der Waals surface area contributed by atoms with E-state index in [1.165, 1.54) is 85.2 Å². The molecule has 4 N–H and O–H groups in total. The Balaban J connectivity index is 0.000000168. The van der Waals surface area contributed by atoms with Crippen LogP contribution in [0, 0.1) is 45.9 Å². The highest BCUT2D eigenvalue weighted by Crippen LogP contribution is 2.56. The van der Waals surface area contributed by atoms with Crippen LogP contribution in [0.4, 0.5) is 43.9 Å². The molecule has 6 heterocycles. The van der Waals surface area contributed by atoms with Gasteiger partial charge in [-0.1, -0.05) is 18.2 Å². The van der Waals surface area contributed by atoms with Crippen LogP contribution in [0.5, 0.6) is 0 Å². The predicted molar refractivity (Wildman–Crippen MR) is 288 cm³/mol. The van der Waals surface area contributed by atoms with E-state index in [2.05, 4.69) is 29.9 Å². The van der Waals surface area contributed by atoms with E-state index in [1.54, 1.807) is 13.8 Å². The van der Waals surface area contributed by atoms with Crippen LogP contribution in [0.25, 0.3) is 0 Å². The fourth-order valence-electron chi connectivity index (χ4n) is 10.5. The van der Waals surface area contributed by atoms with Gasteiger partial charge in [-0.15, -0.1) is 0 Å². The molecule has 6 aromatic rings. The molecule has 446 valence electrons. The van der Waals surface area contributed by atoms with Crippen molar-refractivity contribution in [2.45, 2.75) is 106 Å². The number of nitrogens with zero attached hydrogens (tertiary/aromatic N) is 8. The number of ether oxygens (including phenoxy) is 3. The quantitative estimate of drug-likeness (QED) is 0.0761. The zero-order chi connectivity index (χ0) is 62.4. The maximum atomic E-state index is 14.8. The van der Waals surface area contributed by atoms with Crippen LogP contribution in [0.15, 0.2) is 125 Å². The second kappa shape index (κ2) is 25.3. The summed E-state index contributed by atoms with van der Waals surface area (Å²) >= 11 is 0. The van der Waals surface area contributed by atoms with Gasteiger partial charge in [0.2, 0.25) is 0 Å². The first-order chi connectivity index (χ1) is 40.7. The summed E-state index contributed by atoms with van der Waals surface area (Å²) in [7, 11) is 0. The molecule has 0 bridgehead atoms. The number of alkyl halides is 6. The van der Waals surface area contributed by atoms with Gasteiger partial charge in [0.25, 0.3) is 30.8 Å². The summed E-state index contributed by atoms with van der Waals surface area (Å²) in [5.41, 5.74) is 6.02. The number of amidine groups is 2. The average molecular weight is 1200 g/mol. The molecule has 16 nitrogen and oxygen atoms in total. The molecule has 0 saturated heterocycles. The molecule has 4 aliphatic rings. The molecule has 0 radical (unpaired) electrons. The van der Waals surface area contributed by atoms with Crippen LogP contribution in [-0.4, -0.2) is 87.8 Å². The molecule has 1 aliphatic carbocycles. The minimum Gasteiger partial charge on any atom is -0.474 e. The van der Waals surface area contributed by atoms with Gasteiger partial charge in [-0.2, -0.15) is 10.5 Å². The molecule has 10 rings (SSSR count). The molecule has 0 amide bonds. The number of rotatable bonds is 14. The molecule has 1 fully saturated rings. The third-order valence-corrected chi connectivity index (χ3v) is 14.5. The van der Waals surface area contributed by atoms with Gasteiger partial charge in [0.1, 0.15) is 58.1 Å². The van der Waals surface area contributed by atoms with Gasteiger partial charge >= 0.3 is 0 Å². The van der Waals surface area contributed by atoms with E-state index in [-0.39, 0.29) is 97.2 Å². The van der Waals surface area contributed by atoms with E-state index in [4.69, 9.17) is 36.2 Å². The Bertz CT molecular complexity index is 3580. The van der Waals surface area contributed by atoms with Gasteiger partial charge in [0, 0.05) is 74.5 Å². The van der Waals surface area contributed by atoms with Crippen molar-refractivity contribution < 1.29 is 72.5 Å². The third-order valence-electron chi connectivity index (χ3n) is 14.5. The topological polar surface area (TPSA) is 254 Å². The van der Waals surface area contributed by atoms with E-state index in [0.717, 1.165) is 24.4 Å². The van der Waals surface area contributed by atoms with Crippen molar-refractivity contribution in [3.8, 4) is 12.1 Å². The molecule has 3 aromatic carbocycles. The van der Waals surface area contributed by atoms with Gasteiger partial charge in [-0.05, 0) is 96.4 Å². The first-order valence-electron chi connectivity index (χ1n) is 26.2. The Hall–Kier alpha value is -9.59. The first kappa shape index (κ1) is 62.5. The van der Waals surface area contributed by atoms with Gasteiger partial charge < -0.3 is 25.7 Å². The number of aliphatic imine (C=N–C) groups is 3. The number of carbonyl (C=O) groups excluding carboxylic acids is 3. The zero-order valence-electron chi connectivity index (χ0n) is 45.6. The van der Waals surface area contributed by atoms with Crippen molar-refractivity contribution in [1.29, 1.82) is 10.5 Å². The van der Waals surface area contributed by atoms with Gasteiger partial charge in [-0.25, -0.2) is 58.9 Å². The normalized spacial score (nSPS) is 20.7. The number of nitriles is 2. The van der Waals surface area contributed by atoms with Crippen molar-refractivity contribution in [1.82, 2.24) is 15.0 Å². The molecule has 1 saturated carbocycles. The number of nitrogens with two attached hydrogens (primary N) is 2. The lowest BCUT2D eigenvalue weighted by atomic mass is 9.67. The van der Waals surface area contributed by atoms with E-state index in [9.17, 15) is 58.3 Å². The van der Waals surface area contributed by atoms with E-state index in [0.29, 0.717) is 27.8 Å². The lowest BCUT2D eigenvalue weighted by Gasteiger charge is -2.52. The van der Waals surface area contributed by atoms with Crippen LogP contribution >= 0.6 is 0 Å². The Morgan fingerprint density at radius 2 is 0.965 bits per heavy atom. The number of carbonyl (C=O) groups is 3. The van der Waals surface area contributed by atoms with Crippen molar-refractivity contribution in [3.63, 3.8) is 0 Å². The summed E-state index contributed by atoms with van der Waals surface area (Å²) in [4.78, 5) is 60.6. The number of hydrogen-bond acceptors (Lipinski definition) is 16. The van der Waals surface area contributed by atoms with Gasteiger partial charge in [0.15, 0.2) is 34.3 Å². The molecule has 26 heteroatoms. The lowest BCUT2D eigenvalue weighted by Crippen LogP contribution is -2.58. The molecule has 3 aliphatic heterocycles. The second-order valence-corrected chi connectivity index (χ2v) is 20.8. The van der Waals surface area contributed by atoms with Crippen molar-refractivity contribution in [2.24, 2.45) is 26.4 Å². The maximum Gasteiger partial charge on any atom is 0.283 e. The van der Waals surface area contributed by atoms with Crippen molar-refractivity contribution in [3.05, 3.63) is 194 Å². The zero-order valence-corrected chi connectivity index (χ0v) is 45.6. The van der Waals surface area contributed by atoms with E-state index >= 15 is 0 Å². The highest BCUT2D eigenvalue weighted by atomic mass is 19.3. The fraction of sp³-hybridized carbons (Fsp3) is 0.317. The van der Waals surface area contributed by atoms with E-state index < -0.39 is 101 Å².